The smallest absolute Gasteiger partial charge is 0.244 e. The number of hydrogen-bond donors (Lipinski definition) is 1. The first-order chi connectivity index (χ1) is 18.9. The van der Waals surface area contributed by atoms with Crippen molar-refractivity contribution in [2.45, 2.75) is 88.6 Å². The van der Waals surface area contributed by atoms with Crippen molar-refractivity contribution < 1.29 is 13.2 Å². The molecule has 0 saturated carbocycles. The molecule has 7 heteroatoms. The van der Waals surface area contributed by atoms with Crippen LogP contribution in [0.2, 0.25) is 0 Å². The molecule has 1 aliphatic carbocycles. The number of benzene rings is 1. The average molecular weight is 546 g/mol. The number of sulfonamides is 1. The number of nitrogens with one attached hydrogen (secondary N) is 1. The molecular formula is C32H39N3O3S. The van der Waals surface area contributed by atoms with E-state index in [4.69, 9.17) is 4.99 Å². The molecule has 0 spiro atoms. The molecular weight excluding hydrogens is 506 g/mol. The van der Waals surface area contributed by atoms with Crippen LogP contribution in [0.25, 0.3) is 0 Å². The number of carbonyl (C=O) groups excluding carboxylic acids is 1. The van der Waals surface area contributed by atoms with Crippen molar-refractivity contribution in [2.24, 2.45) is 10.9 Å². The Balaban J connectivity index is 1.63. The number of nitrogens with zero attached hydrogens (tertiary/aromatic N) is 2. The van der Waals surface area contributed by atoms with E-state index in [1.54, 1.807) is 22.5 Å². The zero-order chi connectivity index (χ0) is 27.4. The van der Waals surface area contributed by atoms with E-state index in [1.165, 1.54) is 12.0 Å². The van der Waals surface area contributed by atoms with E-state index in [0.717, 1.165) is 68.9 Å². The van der Waals surface area contributed by atoms with E-state index in [1.807, 2.05) is 43.5 Å². The second kappa shape index (κ2) is 12.0. The average Bonchev–Trinajstić information content (AvgIpc) is 3.67. The Morgan fingerprint density at radius 1 is 1.08 bits per heavy atom. The van der Waals surface area contributed by atoms with Crippen molar-refractivity contribution in [1.29, 1.82) is 0 Å². The maximum absolute atomic E-state index is 14.3. The van der Waals surface area contributed by atoms with Gasteiger partial charge in [0.05, 0.1) is 28.0 Å². The number of aliphatic imine (C=N–C) groups is 1. The van der Waals surface area contributed by atoms with Crippen LogP contribution >= 0.6 is 0 Å². The Morgan fingerprint density at radius 3 is 2.54 bits per heavy atom. The summed E-state index contributed by atoms with van der Waals surface area (Å²) in [4.78, 5) is 20.4. The summed E-state index contributed by atoms with van der Waals surface area (Å²) in [5.74, 6) is 0.308. The summed E-state index contributed by atoms with van der Waals surface area (Å²) in [5, 5.41) is 0. The molecule has 3 unspecified atom stereocenters. The van der Waals surface area contributed by atoms with E-state index in [9.17, 15) is 13.2 Å². The number of aldehydes is 1. The standard InChI is InChI=1S/C32H39N3O3S/c1-3-4-10-24-11-7-5-6-8-12-26-20-28(24)32(35(26)39(37,38)27-16-14-23(2)15-17-27)21-30-25(22-36)19-31(34-30)29-13-9-18-33-29/h9,13-22,24,26,32-33H,3-8,10-12H2,1-2H3. The topological polar surface area (TPSA) is 82.6 Å². The number of aryl methyl sites for hydroxylation is 1. The van der Waals surface area contributed by atoms with Crippen LogP contribution in [-0.4, -0.2) is 41.8 Å². The van der Waals surface area contributed by atoms with Crippen LogP contribution in [0.15, 0.2) is 87.6 Å². The fourth-order valence-corrected chi connectivity index (χ4v) is 7.87. The van der Waals surface area contributed by atoms with Gasteiger partial charge in [-0.25, -0.2) is 13.4 Å². The third-order valence-corrected chi connectivity index (χ3v) is 10.2. The number of rotatable bonds is 8. The number of hydrogen-bond acceptors (Lipinski definition) is 4. The molecule has 0 saturated heterocycles. The predicted octanol–water partition coefficient (Wildman–Crippen LogP) is 6.66. The van der Waals surface area contributed by atoms with Crippen LogP contribution in [0.5, 0.6) is 0 Å². The number of H-pyrrole nitrogens is 1. The van der Waals surface area contributed by atoms with Gasteiger partial charge in [-0.3, -0.25) is 4.79 Å². The highest BCUT2D eigenvalue weighted by molar-refractivity contribution is 7.89. The summed E-state index contributed by atoms with van der Waals surface area (Å²) >= 11 is 0. The van der Waals surface area contributed by atoms with Crippen LogP contribution in [0.1, 0.15) is 76.0 Å². The van der Waals surface area contributed by atoms with Gasteiger partial charge in [0.1, 0.15) is 0 Å². The second-order valence-electron chi connectivity index (χ2n) is 11.0. The van der Waals surface area contributed by atoms with Gasteiger partial charge in [-0.2, -0.15) is 4.31 Å². The number of fused-ring (bicyclic) bond motifs is 1. The molecule has 6 nitrogen and oxygen atoms in total. The van der Waals surface area contributed by atoms with Gasteiger partial charge in [-0.15, -0.1) is 0 Å². The van der Waals surface area contributed by atoms with Gasteiger partial charge in [0, 0.05) is 17.8 Å². The molecule has 206 valence electrons. The zero-order valence-electron chi connectivity index (χ0n) is 23.0. The largest absolute Gasteiger partial charge is 0.360 e. The van der Waals surface area contributed by atoms with E-state index in [0.29, 0.717) is 27.8 Å². The third kappa shape index (κ3) is 5.80. The number of unbranched alkanes of at least 4 members (excludes halogenated alkanes) is 1. The summed E-state index contributed by atoms with van der Waals surface area (Å²) in [6.07, 6.45) is 18.2. The van der Waals surface area contributed by atoms with Gasteiger partial charge in [-0.1, -0.05) is 69.2 Å². The van der Waals surface area contributed by atoms with E-state index >= 15 is 0 Å². The highest BCUT2D eigenvalue weighted by Gasteiger charge is 2.44. The van der Waals surface area contributed by atoms with Gasteiger partial charge in [0.15, 0.2) is 6.29 Å². The molecule has 3 heterocycles. The molecule has 0 radical (unpaired) electrons. The lowest BCUT2D eigenvalue weighted by Crippen LogP contribution is -2.42. The fourth-order valence-electron chi connectivity index (χ4n) is 6.14. The lowest BCUT2D eigenvalue weighted by atomic mass is 9.84. The Labute approximate surface area is 232 Å². The van der Waals surface area contributed by atoms with Crippen molar-refractivity contribution in [3.8, 4) is 0 Å². The highest BCUT2D eigenvalue weighted by Crippen LogP contribution is 2.42. The summed E-state index contributed by atoms with van der Waals surface area (Å²) in [5.41, 5.74) is 4.72. The third-order valence-electron chi connectivity index (χ3n) is 8.25. The number of aromatic nitrogens is 1. The summed E-state index contributed by atoms with van der Waals surface area (Å²) in [7, 11) is -3.81. The Morgan fingerprint density at radius 2 is 1.85 bits per heavy atom. The zero-order valence-corrected chi connectivity index (χ0v) is 23.8. The second-order valence-corrected chi connectivity index (χ2v) is 12.9. The van der Waals surface area contributed by atoms with Gasteiger partial charge in [0.2, 0.25) is 10.0 Å². The quantitative estimate of drug-likeness (QED) is 0.297. The first-order valence-electron chi connectivity index (χ1n) is 14.4. The molecule has 3 aliphatic rings. The molecule has 1 N–H and O–H groups in total. The molecule has 0 amide bonds. The molecule has 1 aromatic heterocycles. The summed E-state index contributed by atoms with van der Waals surface area (Å²) in [6, 6.07) is 10.3. The highest BCUT2D eigenvalue weighted by atomic mass is 32.2. The van der Waals surface area contributed by atoms with Crippen LogP contribution in [0.4, 0.5) is 0 Å². The molecule has 5 rings (SSSR count). The van der Waals surface area contributed by atoms with Crippen LogP contribution in [0, 0.1) is 12.8 Å². The van der Waals surface area contributed by atoms with Gasteiger partial charge >= 0.3 is 0 Å². The van der Waals surface area contributed by atoms with Gasteiger partial charge in [0.25, 0.3) is 0 Å². The molecule has 39 heavy (non-hydrogen) atoms. The monoisotopic (exact) mass is 545 g/mol. The Hall–Kier alpha value is -3.03. The van der Waals surface area contributed by atoms with Crippen molar-refractivity contribution in [1.82, 2.24) is 9.29 Å². The normalized spacial score (nSPS) is 25.3. The molecule has 2 aliphatic heterocycles. The molecule has 2 bridgehead atoms. The number of carbonyl (C=O) groups is 1. The Bertz CT molecular complexity index is 1400. The predicted molar refractivity (Wildman–Crippen MR) is 156 cm³/mol. The number of aromatic amines is 1. The van der Waals surface area contributed by atoms with E-state index < -0.39 is 16.1 Å². The maximum atomic E-state index is 14.3. The SMILES string of the molecule is CCCCC1CCCCCCC2C=C1C(C=C1N=C(c3ccc[nH]3)C=C1C=O)N2S(=O)(=O)c1ccc(C)cc1. The first-order valence-corrected chi connectivity index (χ1v) is 15.8. The minimum absolute atomic E-state index is 0.215. The van der Waals surface area contributed by atoms with Crippen molar-refractivity contribution in [3.63, 3.8) is 0 Å². The maximum Gasteiger partial charge on any atom is 0.244 e. The van der Waals surface area contributed by atoms with Crippen molar-refractivity contribution in [3.05, 3.63) is 88.9 Å². The first kappa shape index (κ1) is 27.5. The van der Waals surface area contributed by atoms with Gasteiger partial charge < -0.3 is 4.98 Å². The van der Waals surface area contributed by atoms with Gasteiger partial charge in [-0.05, 0) is 74.1 Å². The van der Waals surface area contributed by atoms with E-state index in [-0.39, 0.29) is 6.04 Å². The van der Waals surface area contributed by atoms with Crippen molar-refractivity contribution in [2.75, 3.05) is 0 Å². The minimum Gasteiger partial charge on any atom is -0.360 e. The lowest BCUT2D eigenvalue weighted by molar-refractivity contribution is -0.104. The number of allylic oxidation sites excluding steroid dienone is 2. The summed E-state index contributed by atoms with van der Waals surface area (Å²) < 4.78 is 30.4. The lowest BCUT2D eigenvalue weighted by Gasteiger charge is -2.31. The van der Waals surface area contributed by atoms with Crippen LogP contribution in [0.3, 0.4) is 0 Å². The fraction of sp³-hybridized carbons (Fsp3) is 0.438. The van der Waals surface area contributed by atoms with Crippen LogP contribution < -0.4 is 0 Å². The minimum atomic E-state index is -3.81. The molecule has 2 aromatic rings. The van der Waals surface area contributed by atoms with E-state index in [2.05, 4.69) is 18.0 Å². The summed E-state index contributed by atoms with van der Waals surface area (Å²) in [6.45, 7) is 4.17. The molecule has 0 fully saturated rings. The van der Waals surface area contributed by atoms with Crippen LogP contribution in [-0.2, 0) is 14.8 Å². The van der Waals surface area contributed by atoms with Crippen molar-refractivity contribution >= 4 is 22.0 Å². The Kier molecular flexibility index (Phi) is 8.48. The molecule has 3 atom stereocenters. The molecule has 1 aromatic carbocycles.